The lowest BCUT2D eigenvalue weighted by Gasteiger charge is -2.10. The highest BCUT2D eigenvalue weighted by Gasteiger charge is 2.09. The van der Waals surface area contributed by atoms with Crippen molar-refractivity contribution in [3.05, 3.63) is 46.8 Å². The quantitative estimate of drug-likeness (QED) is 0.873. The van der Waals surface area contributed by atoms with E-state index >= 15 is 0 Å². The number of aryl methyl sites for hydroxylation is 2. The Hall–Kier alpha value is -1.75. The Labute approximate surface area is 106 Å². The number of nitrogens with zero attached hydrogens (tertiary/aromatic N) is 2. The second-order valence-corrected chi connectivity index (χ2v) is 4.47. The lowest BCUT2D eigenvalue weighted by Crippen LogP contribution is -2.19. The molecule has 0 radical (unpaired) electrons. The van der Waals surface area contributed by atoms with E-state index in [0.29, 0.717) is 12.1 Å². The number of nitrogens with one attached hydrogen (secondary N) is 2. The Bertz CT molecular complexity index is 536. The maximum Gasteiger partial charge on any atom is 0.167 e. The highest BCUT2D eigenvalue weighted by atomic mass is 19.1. The largest absolute Gasteiger partial charge is 0.303 e. The number of halogens is 1. The highest BCUT2D eigenvalue weighted by Crippen LogP contribution is 2.11. The molecule has 0 amide bonds. The summed E-state index contributed by atoms with van der Waals surface area (Å²) in [6, 6.07) is 5.18. The van der Waals surface area contributed by atoms with Crippen molar-refractivity contribution in [1.82, 2.24) is 20.5 Å². The first-order chi connectivity index (χ1) is 8.56. The molecule has 18 heavy (non-hydrogen) atoms. The summed E-state index contributed by atoms with van der Waals surface area (Å²) in [7, 11) is 0. The van der Waals surface area contributed by atoms with Crippen molar-refractivity contribution in [2.75, 3.05) is 0 Å². The molecular formula is C13H17FN4. The van der Waals surface area contributed by atoms with Crippen LogP contribution in [0.3, 0.4) is 0 Å². The molecule has 0 aliphatic carbocycles. The van der Waals surface area contributed by atoms with Gasteiger partial charge >= 0.3 is 0 Å². The molecule has 1 aromatic carbocycles. The lowest BCUT2D eigenvalue weighted by molar-refractivity contribution is 0.546. The van der Waals surface area contributed by atoms with Gasteiger partial charge in [-0.3, -0.25) is 5.10 Å². The number of aromatic amines is 1. The lowest BCUT2D eigenvalue weighted by atomic mass is 10.1. The van der Waals surface area contributed by atoms with Gasteiger partial charge in [0.25, 0.3) is 0 Å². The molecule has 0 spiro atoms. The van der Waals surface area contributed by atoms with Crippen LogP contribution in [-0.4, -0.2) is 15.2 Å². The zero-order valence-electron chi connectivity index (χ0n) is 10.8. The molecular weight excluding hydrogens is 231 g/mol. The first-order valence-corrected chi connectivity index (χ1v) is 5.93. The van der Waals surface area contributed by atoms with Gasteiger partial charge in [-0.15, -0.1) is 0 Å². The minimum atomic E-state index is -0.170. The van der Waals surface area contributed by atoms with Crippen molar-refractivity contribution >= 4 is 0 Å². The van der Waals surface area contributed by atoms with Crippen molar-refractivity contribution in [1.29, 1.82) is 0 Å². The second kappa shape index (κ2) is 5.27. The van der Waals surface area contributed by atoms with Crippen LogP contribution in [0.15, 0.2) is 18.2 Å². The van der Waals surface area contributed by atoms with Crippen LogP contribution >= 0.6 is 0 Å². The third kappa shape index (κ3) is 2.92. The zero-order valence-corrected chi connectivity index (χ0v) is 10.8. The molecule has 0 aliphatic rings. The Morgan fingerprint density at radius 1 is 1.39 bits per heavy atom. The summed E-state index contributed by atoms with van der Waals surface area (Å²) in [5.74, 6) is 1.37. The van der Waals surface area contributed by atoms with Gasteiger partial charge in [0.05, 0.1) is 6.04 Å². The predicted molar refractivity (Wildman–Crippen MR) is 67.5 cm³/mol. The van der Waals surface area contributed by atoms with Crippen LogP contribution in [0.1, 0.15) is 35.7 Å². The van der Waals surface area contributed by atoms with E-state index in [-0.39, 0.29) is 11.9 Å². The number of hydrogen-bond donors (Lipinski definition) is 2. The van der Waals surface area contributed by atoms with Gasteiger partial charge in [-0.25, -0.2) is 9.37 Å². The number of rotatable bonds is 4. The molecule has 0 aliphatic heterocycles. The number of hydrogen-bond acceptors (Lipinski definition) is 3. The molecule has 5 heteroatoms. The van der Waals surface area contributed by atoms with E-state index in [2.05, 4.69) is 20.5 Å². The van der Waals surface area contributed by atoms with E-state index in [1.807, 2.05) is 19.9 Å². The Morgan fingerprint density at radius 2 is 2.17 bits per heavy atom. The van der Waals surface area contributed by atoms with Crippen LogP contribution in [0.2, 0.25) is 0 Å². The summed E-state index contributed by atoms with van der Waals surface area (Å²) in [5.41, 5.74) is 1.71. The maximum atomic E-state index is 13.1. The van der Waals surface area contributed by atoms with Crippen molar-refractivity contribution in [2.45, 2.75) is 33.4 Å². The van der Waals surface area contributed by atoms with E-state index in [9.17, 15) is 4.39 Å². The van der Waals surface area contributed by atoms with E-state index in [4.69, 9.17) is 0 Å². The predicted octanol–water partition coefficient (Wildman–Crippen LogP) is 2.41. The van der Waals surface area contributed by atoms with Gasteiger partial charge in [0.2, 0.25) is 0 Å². The molecule has 4 nitrogen and oxygen atoms in total. The van der Waals surface area contributed by atoms with Gasteiger partial charge in [-0.05, 0) is 38.0 Å². The van der Waals surface area contributed by atoms with Crippen molar-refractivity contribution in [2.24, 2.45) is 0 Å². The number of aromatic nitrogens is 3. The average Bonchev–Trinajstić information content (AvgIpc) is 2.77. The molecule has 0 saturated carbocycles. The Kier molecular flexibility index (Phi) is 3.72. The van der Waals surface area contributed by atoms with Gasteiger partial charge in [0.1, 0.15) is 11.6 Å². The monoisotopic (exact) mass is 248 g/mol. The van der Waals surface area contributed by atoms with Crippen LogP contribution in [0.25, 0.3) is 0 Å². The molecule has 0 saturated heterocycles. The van der Waals surface area contributed by atoms with Crippen LogP contribution in [-0.2, 0) is 6.54 Å². The van der Waals surface area contributed by atoms with E-state index < -0.39 is 0 Å². The van der Waals surface area contributed by atoms with Crippen molar-refractivity contribution in [3.63, 3.8) is 0 Å². The van der Waals surface area contributed by atoms with Gasteiger partial charge < -0.3 is 5.32 Å². The summed E-state index contributed by atoms with van der Waals surface area (Å²) in [4.78, 5) is 4.27. The van der Waals surface area contributed by atoms with Crippen LogP contribution in [0, 0.1) is 19.7 Å². The minimum absolute atomic E-state index is 0.0558. The third-order valence-corrected chi connectivity index (χ3v) is 2.84. The van der Waals surface area contributed by atoms with Gasteiger partial charge in [-0.1, -0.05) is 12.1 Å². The van der Waals surface area contributed by atoms with Gasteiger partial charge in [-0.2, -0.15) is 5.10 Å². The molecule has 1 aromatic heterocycles. The molecule has 2 rings (SSSR count). The number of H-pyrrole nitrogens is 1. The molecule has 1 atom stereocenters. The summed E-state index contributed by atoms with van der Waals surface area (Å²) < 4.78 is 13.1. The molecule has 0 bridgehead atoms. The smallest absolute Gasteiger partial charge is 0.167 e. The van der Waals surface area contributed by atoms with E-state index in [1.54, 1.807) is 13.0 Å². The number of benzene rings is 1. The first kappa shape index (κ1) is 12.7. The molecule has 2 aromatic rings. The maximum absolute atomic E-state index is 13.1. The van der Waals surface area contributed by atoms with E-state index in [0.717, 1.165) is 17.2 Å². The standard InChI is InChI=1S/C13H17FN4/c1-8-6-11(4-5-12(8)14)7-15-9(2)13-16-10(3)17-18-13/h4-6,9,15H,7H2,1-3H3,(H,16,17,18). The molecule has 1 unspecified atom stereocenters. The SMILES string of the molecule is Cc1nc(C(C)NCc2ccc(F)c(C)c2)n[nH]1. The van der Waals surface area contributed by atoms with Crippen LogP contribution in [0.5, 0.6) is 0 Å². The zero-order chi connectivity index (χ0) is 13.1. The molecule has 0 fully saturated rings. The highest BCUT2D eigenvalue weighted by molar-refractivity contribution is 5.23. The summed E-state index contributed by atoms with van der Waals surface area (Å²) in [6.07, 6.45) is 0. The van der Waals surface area contributed by atoms with Gasteiger partial charge in [0.15, 0.2) is 5.82 Å². The molecule has 96 valence electrons. The molecule has 2 N–H and O–H groups in total. The first-order valence-electron chi connectivity index (χ1n) is 5.93. The summed E-state index contributed by atoms with van der Waals surface area (Å²) in [6.45, 7) is 6.29. The topological polar surface area (TPSA) is 53.6 Å². The fourth-order valence-corrected chi connectivity index (χ4v) is 1.73. The fourth-order valence-electron chi connectivity index (χ4n) is 1.73. The van der Waals surface area contributed by atoms with Crippen LogP contribution in [0.4, 0.5) is 4.39 Å². The van der Waals surface area contributed by atoms with Crippen molar-refractivity contribution < 1.29 is 4.39 Å². The molecule has 1 heterocycles. The fraction of sp³-hybridized carbons (Fsp3) is 0.385. The minimum Gasteiger partial charge on any atom is -0.303 e. The Morgan fingerprint density at radius 3 is 2.78 bits per heavy atom. The van der Waals surface area contributed by atoms with Crippen molar-refractivity contribution in [3.8, 4) is 0 Å². The third-order valence-electron chi connectivity index (χ3n) is 2.84. The Balaban J connectivity index is 1.97. The van der Waals surface area contributed by atoms with E-state index in [1.165, 1.54) is 6.07 Å². The second-order valence-electron chi connectivity index (χ2n) is 4.47. The normalized spacial score (nSPS) is 12.7. The van der Waals surface area contributed by atoms with Gasteiger partial charge in [0, 0.05) is 6.54 Å². The summed E-state index contributed by atoms with van der Waals surface area (Å²) >= 11 is 0. The van der Waals surface area contributed by atoms with Crippen LogP contribution < -0.4 is 5.32 Å². The summed E-state index contributed by atoms with van der Waals surface area (Å²) in [5, 5.41) is 10.2. The average molecular weight is 248 g/mol.